The summed E-state index contributed by atoms with van der Waals surface area (Å²) >= 11 is 0. The van der Waals surface area contributed by atoms with Crippen molar-refractivity contribution in [2.75, 3.05) is 19.8 Å². The third kappa shape index (κ3) is 4.57. The van der Waals surface area contributed by atoms with Gasteiger partial charge in [-0.1, -0.05) is 32.0 Å². The van der Waals surface area contributed by atoms with Crippen LogP contribution in [0.2, 0.25) is 0 Å². The fourth-order valence-electron chi connectivity index (χ4n) is 3.00. The number of nitrogens with zero attached hydrogens (tertiary/aromatic N) is 1. The van der Waals surface area contributed by atoms with E-state index >= 15 is 0 Å². The maximum absolute atomic E-state index is 12.7. The Morgan fingerprint density at radius 2 is 2.08 bits per heavy atom. The van der Waals surface area contributed by atoms with Gasteiger partial charge in [0.15, 0.2) is 0 Å². The van der Waals surface area contributed by atoms with Crippen LogP contribution < -0.4 is 5.32 Å². The van der Waals surface area contributed by atoms with Gasteiger partial charge < -0.3 is 15.0 Å². The molecule has 0 spiro atoms. The lowest BCUT2D eigenvalue weighted by atomic mass is 10.0. The maximum atomic E-state index is 12.7. The summed E-state index contributed by atoms with van der Waals surface area (Å²) < 4.78 is 5.28. The van der Waals surface area contributed by atoms with E-state index in [9.17, 15) is 9.59 Å². The van der Waals surface area contributed by atoms with Gasteiger partial charge in [-0.15, -0.1) is 0 Å². The van der Waals surface area contributed by atoms with Crippen molar-refractivity contribution in [1.29, 1.82) is 0 Å². The molecule has 5 nitrogen and oxygen atoms in total. The average Bonchev–Trinajstić information content (AvgIpc) is 2.89. The fraction of sp³-hybridized carbons (Fsp3) is 0.579. The highest BCUT2D eigenvalue weighted by Crippen LogP contribution is 2.26. The molecule has 1 aromatic rings. The third-order valence-electron chi connectivity index (χ3n) is 4.19. The molecule has 1 unspecified atom stereocenters. The molecule has 0 radical (unpaired) electrons. The number of amides is 2. The highest BCUT2D eigenvalue weighted by atomic mass is 16.5. The zero-order chi connectivity index (χ0) is 17.5. The van der Waals surface area contributed by atoms with Gasteiger partial charge in [-0.05, 0) is 37.3 Å². The largest absolute Gasteiger partial charge is 0.382 e. The predicted octanol–water partition coefficient (Wildman–Crippen LogP) is 2.60. The number of hydrogen-bond donors (Lipinski definition) is 1. The van der Waals surface area contributed by atoms with Crippen molar-refractivity contribution < 1.29 is 14.3 Å². The Bertz CT molecular complexity index is 571. The Morgan fingerprint density at radius 1 is 1.33 bits per heavy atom. The van der Waals surface area contributed by atoms with E-state index in [4.69, 9.17) is 4.74 Å². The number of carbonyl (C=O) groups is 2. The number of fused-ring (bicyclic) bond motifs is 1. The number of benzene rings is 1. The Morgan fingerprint density at radius 3 is 2.75 bits per heavy atom. The smallest absolute Gasteiger partial charge is 0.255 e. The summed E-state index contributed by atoms with van der Waals surface area (Å²) in [7, 11) is 0. The van der Waals surface area contributed by atoms with Crippen LogP contribution in [-0.2, 0) is 16.1 Å². The van der Waals surface area contributed by atoms with Gasteiger partial charge in [-0.25, -0.2) is 0 Å². The monoisotopic (exact) mass is 332 g/mol. The van der Waals surface area contributed by atoms with Crippen LogP contribution >= 0.6 is 0 Å². The first-order valence-corrected chi connectivity index (χ1v) is 8.79. The molecular formula is C19H28N2O3. The lowest BCUT2D eigenvalue weighted by Gasteiger charge is -2.28. The molecule has 0 aliphatic carbocycles. The van der Waals surface area contributed by atoms with E-state index in [0.717, 1.165) is 17.5 Å². The topological polar surface area (TPSA) is 58.6 Å². The van der Waals surface area contributed by atoms with Crippen LogP contribution in [0.4, 0.5) is 0 Å². The predicted molar refractivity (Wildman–Crippen MR) is 93.7 cm³/mol. The van der Waals surface area contributed by atoms with E-state index in [-0.39, 0.29) is 11.8 Å². The van der Waals surface area contributed by atoms with Crippen LogP contribution in [0.1, 0.15) is 49.5 Å². The van der Waals surface area contributed by atoms with E-state index in [1.54, 1.807) is 4.90 Å². The van der Waals surface area contributed by atoms with E-state index in [0.29, 0.717) is 38.6 Å². The summed E-state index contributed by atoms with van der Waals surface area (Å²) in [5.74, 6) is 0.225. The summed E-state index contributed by atoms with van der Waals surface area (Å²) in [6, 6.07) is 7.17. The molecule has 1 heterocycles. The van der Waals surface area contributed by atoms with Crippen molar-refractivity contribution in [3.05, 3.63) is 35.4 Å². The van der Waals surface area contributed by atoms with Gasteiger partial charge in [0.2, 0.25) is 5.91 Å². The van der Waals surface area contributed by atoms with E-state index < -0.39 is 6.04 Å². The second kappa shape index (κ2) is 8.83. The molecule has 1 aromatic carbocycles. The van der Waals surface area contributed by atoms with Crippen molar-refractivity contribution >= 4 is 11.8 Å². The zero-order valence-corrected chi connectivity index (χ0v) is 14.9. The number of ether oxygens (including phenoxy) is 1. The van der Waals surface area contributed by atoms with Gasteiger partial charge in [0.1, 0.15) is 6.04 Å². The van der Waals surface area contributed by atoms with E-state index in [1.165, 1.54) is 0 Å². The number of hydrogen-bond acceptors (Lipinski definition) is 3. The Kier molecular flexibility index (Phi) is 6.79. The van der Waals surface area contributed by atoms with Crippen molar-refractivity contribution in [3.8, 4) is 0 Å². The molecule has 0 saturated heterocycles. The summed E-state index contributed by atoms with van der Waals surface area (Å²) in [5, 5.41) is 2.96. The third-order valence-corrected chi connectivity index (χ3v) is 4.19. The molecule has 2 rings (SSSR count). The lowest BCUT2D eigenvalue weighted by Crippen LogP contribution is -2.48. The summed E-state index contributed by atoms with van der Waals surface area (Å²) in [6.07, 6.45) is 1.44. The number of rotatable bonds is 9. The number of carbonyl (C=O) groups excluding carboxylic acids is 2. The minimum Gasteiger partial charge on any atom is -0.382 e. The quantitative estimate of drug-likeness (QED) is 0.707. The molecule has 1 atom stereocenters. The van der Waals surface area contributed by atoms with Gasteiger partial charge in [-0.2, -0.15) is 0 Å². The van der Waals surface area contributed by atoms with Crippen LogP contribution in [0, 0.1) is 5.92 Å². The van der Waals surface area contributed by atoms with Crippen molar-refractivity contribution in [3.63, 3.8) is 0 Å². The van der Waals surface area contributed by atoms with Crippen molar-refractivity contribution in [1.82, 2.24) is 10.2 Å². The second-order valence-electron chi connectivity index (χ2n) is 6.58. The highest BCUT2D eigenvalue weighted by Gasteiger charge is 2.36. The summed E-state index contributed by atoms with van der Waals surface area (Å²) in [5.41, 5.74) is 1.72. The minimum absolute atomic E-state index is 0.0410. The van der Waals surface area contributed by atoms with Crippen LogP contribution in [0.15, 0.2) is 24.3 Å². The molecule has 1 aliphatic rings. The van der Waals surface area contributed by atoms with Crippen molar-refractivity contribution in [2.45, 2.75) is 46.2 Å². The maximum Gasteiger partial charge on any atom is 0.255 e. The number of nitrogens with one attached hydrogen (secondary N) is 1. The Labute approximate surface area is 144 Å². The second-order valence-corrected chi connectivity index (χ2v) is 6.58. The fourth-order valence-corrected chi connectivity index (χ4v) is 3.00. The molecular weight excluding hydrogens is 304 g/mol. The summed E-state index contributed by atoms with van der Waals surface area (Å²) in [4.78, 5) is 27.0. The first kappa shape index (κ1) is 18.5. The first-order chi connectivity index (χ1) is 11.5. The van der Waals surface area contributed by atoms with Crippen LogP contribution in [0.5, 0.6) is 0 Å². The van der Waals surface area contributed by atoms with Crippen LogP contribution in [0.25, 0.3) is 0 Å². The van der Waals surface area contributed by atoms with Crippen LogP contribution in [-0.4, -0.2) is 42.5 Å². The molecule has 0 aromatic heterocycles. The SMILES string of the molecule is CCOCCCNC(=O)C(CC(C)C)N1Cc2ccccc2C1=O. The van der Waals surface area contributed by atoms with E-state index in [1.807, 2.05) is 31.2 Å². The van der Waals surface area contributed by atoms with Gasteiger partial charge >= 0.3 is 0 Å². The van der Waals surface area contributed by atoms with Gasteiger partial charge in [0.25, 0.3) is 5.91 Å². The molecule has 1 aliphatic heterocycles. The van der Waals surface area contributed by atoms with Crippen LogP contribution in [0.3, 0.4) is 0 Å². The summed E-state index contributed by atoms with van der Waals surface area (Å²) in [6.45, 7) is 8.51. The highest BCUT2D eigenvalue weighted by molar-refractivity contribution is 6.01. The van der Waals surface area contributed by atoms with Crippen molar-refractivity contribution in [2.24, 2.45) is 5.92 Å². The molecule has 0 bridgehead atoms. The average molecular weight is 332 g/mol. The molecule has 5 heteroatoms. The Hall–Kier alpha value is -1.88. The molecule has 132 valence electrons. The molecule has 2 amide bonds. The standard InChI is InChI=1S/C19H28N2O3/c1-4-24-11-7-10-20-18(22)17(12-14(2)3)21-13-15-8-5-6-9-16(15)19(21)23/h5-6,8-9,14,17H,4,7,10-13H2,1-3H3,(H,20,22). The molecule has 1 N–H and O–H groups in total. The molecule has 0 saturated carbocycles. The molecule has 0 fully saturated rings. The molecule has 24 heavy (non-hydrogen) atoms. The first-order valence-electron chi connectivity index (χ1n) is 8.79. The normalized spacial score (nSPS) is 14.8. The van der Waals surface area contributed by atoms with Gasteiger partial charge in [-0.3, -0.25) is 9.59 Å². The lowest BCUT2D eigenvalue weighted by molar-refractivity contribution is -0.126. The zero-order valence-electron chi connectivity index (χ0n) is 14.9. The van der Waals surface area contributed by atoms with E-state index in [2.05, 4.69) is 19.2 Å². The van der Waals surface area contributed by atoms with Gasteiger partial charge in [0.05, 0.1) is 0 Å². The minimum atomic E-state index is -0.419. The Balaban J connectivity index is 2.01. The van der Waals surface area contributed by atoms with Gasteiger partial charge in [0, 0.05) is 31.9 Å².